The number of aromatic nitrogens is 4. The zero-order chi connectivity index (χ0) is 15.0. The van der Waals surface area contributed by atoms with Crippen molar-refractivity contribution in [3.05, 3.63) is 48.3 Å². The minimum Gasteiger partial charge on any atom is -0.475 e. The molecule has 3 aromatic rings. The summed E-state index contributed by atoms with van der Waals surface area (Å²) in [7, 11) is 0. The maximum Gasteiger partial charge on any atom is 0.375 e. The predicted octanol–water partition coefficient (Wildman–Crippen LogP) is 2.64. The summed E-state index contributed by atoms with van der Waals surface area (Å²) in [6, 6.07) is 7.63. The Kier molecular flexibility index (Phi) is 3.13. The standard InChI is InChI=1S/C15H14N4O2/c1-9(2)14-17-13(15(20)21)18-19(14)12-5-3-4-10-8-16-7-6-11(10)12/h3-9H,1-2H3,(H,20,21). The largest absolute Gasteiger partial charge is 0.475 e. The van der Waals surface area contributed by atoms with Gasteiger partial charge in [-0.1, -0.05) is 26.0 Å². The number of hydrogen-bond donors (Lipinski definition) is 1. The van der Waals surface area contributed by atoms with Crippen molar-refractivity contribution in [2.75, 3.05) is 0 Å². The van der Waals surface area contributed by atoms with Gasteiger partial charge in [-0.2, -0.15) is 0 Å². The second-order valence-electron chi connectivity index (χ2n) is 5.04. The van der Waals surface area contributed by atoms with Crippen LogP contribution in [0.4, 0.5) is 0 Å². The molecule has 0 fully saturated rings. The van der Waals surface area contributed by atoms with Crippen LogP contribution in [0, 0.1) is 0 Å². The summed E-state index contributed by atoms with van der Waals surface area (Å²) >= 11 is 0. The molecule has 2 heterocycles. The lowest BCUT2D eigenvalue weighted by Gasteiger charge is -2.10. The first-order valence-electron chi connectivity index (χ1n) is 6.61. The quantitative estimate of drug-likeness (QED) is 0.798. The molecule has 0 aliphatic carbocycles. The number of carboxylic acid groups (broad SMARTS) is 1. The third kappa shape index (κ3) is 2.24. The Labute approximate surface area is 121 Å². The zero-order valence-corrected chi connectivity index (χ0v) is 11.7. The van der Waals surface area contributed by atoms with Gasteiger partial charge in [0.05, 0.1) is 5.69 Å². The highest BCUT2D eigenvalue weighted by molar-refractivity contribution is 5.89. The summed E-state index contributed by atoms with van der Waals surface area (Å²) in [5, 5.41) is 15.2. The lowest BCUT2D eigenvalue weighted by atomic mass is 10.1. The van der Waals surface area contributed by atoms with Crippen LogP contribution in [-0.4, -0.2) is 30.8 Å². The lowest BCUT2D eigenvalue weighted by Crippen LogP contribution is -2.05. The van der Waals surface area contributed by atoms with Gasteiger partial charge in [-0.15, -0.1) is 5.10 Å². The molecule has 0 radical (unpaired) electrons. The molecule has 21 heavy (non-hydrogen) atoms. The van der Waals surface area contributed by atoms with Crippen LogP contribution in [0.5, 0.6) is 0 Å². The van der Waals surface area contributed by atoms with Crippen molar-refractivity contribution in [2.45, 2.75) is 19.8 Å². The van der Waals surface area contributed by atoms with Crippen LogP contribution < -0.4 is 0 Å². The van der Waals surface area contributed by atoms with E-state index in [-0.39, 0.29) is 11.7 Å². The van der Waals surface area contributed by atoms with E-state index in [1.54, 1.807) is 17.1 Å². The molecule has 1 aromatic carbocycles. The number of pyridine rings is 1. The molecule has 0 spiro atoms. The van der Waals surface area contributed by atoms with Crippen LogP contribution in [-0.2, 0) is 0 Å². The Morgan fingerprint density at radius 1 is 1.29 bits per heavy atom. The monoisotopic (exact) mass is 282 g/mol. The van der Waals surface area contributed by atoms with Crippen LogP contribution in [0.1, 0.15) is 36.2 Å². The Balaban J connectivity index is 2.29. The number of nitrogens with zero attached hydrogens (tertiary/aromatic N) is 4. The minimum absolute atomic E-state index is 0.0580. The highest BCUT2D eigenvalue weighted by Gasteiger charge is 2.19. The Morgan fingerprint density at radius 2 is 2.10 bits per heavy atom. The van der Waals surface area contributed by atoms with Crippen molar-refractivity contribution in [2.24, 2.45) is 0 Å². The van der Waals surface area contributed by atoms with Gasteiger partial charge in [0, 0.05) is 29.1 Å². The van der Waals surface area contributed by atoms with Gasteiger partial charge < -0.3 is 5.11 Å². The van der Waals surface area contributed by atoms with Crippen molar-refractivity contribution < 1.29 is 9.90 Å². The second kappa shape index (κ2) is 4.97. The number of carboxylic acids is 1. The Morgan fingerprint density at radius 3 is 2.81 bits per heavy atom. The first-order chi connectivity index (χ1) is 10.1. The van der Waals surface area contributed by atoms with Crippen LogP contribution >= 0.6 is 0 Å². The molecule has 0 atom stereocenters. The summed E-state index contributed by atoms with van der Waals surface area (Å²) in [4.78, 5) is 19.4. The number of aromatic carboxylic acids is 1. The van der Waals surface area contributed by atoms with Crippen molar-refractivity contribution in [3.8, 4) is 5.69 Å². The number of rotatable bonds is 3. The van der Waals surface area contributed by atoms with E-state index in [0.29, 0.717) is 5.82 Å². The van der Waals surface area contributed by atoms with Crippen LogP contribution in [0.3, 0.4) is 0 Å². The van der Waals surface area contributed by atoms with Crippen LogP contribution in [0.15, 0.2) is 36.7 Å². The van der Waals surface area contributed by atoms with E-state index in [1.807, 2.05) is 38.1 Å². The van der Waals surface area contributed by atoms with Gasteiger partial charge >= 0.3 is 5.97 Å². The van der Waals surface area contributed by atoms with Crippen molar-refractivity contribution in [1.82, 2.24) is 19.7 Å². The summed E-state index contributed by atoms with van der Waals surface area (Å²) in [5.41, 5.74) is 0.804. The first kappa shape index (κ1) is 13.2. The van der Waals surface area contributed by atoms with E-state index >= 15 is 0 Å². The molecule has 2 aromatic heterocycles. The predicted molar refractivity (Wildman–Crippen MR) is 77.7 cm³/mol. The first-order valence-corrected chi connectivity index (χ1v) is 6.61. The second-order valence-corrected chi connectivity index (χ2v) is 5.04. The molecule has 6 heteroatoms. The smallest absolute Gasteiger partial charge is 0.375 e. The molecule has 0 amide bonds. The molecule has 0 unspecified atom stereocenters. The molecular formula is C15H14N4O2. The van der Waals surface area contributed by atoms with E-state index in [2.05, 4.69) is 15.1 Å². The number of benzene rings is 1. The summed E-state index contributed by atoms with van der Waals surface area (Å²) in [6.07, 6.45) is 3.47. The summed E-state index contributed by atoms with van der Waals surface area (Å²) in [6.45, 7) is 3.91. The Bertz CT molecular complexity index is 818. The van der Waals surface area contributed by atoms with E-state index in [9.17, 15) is 4.79 Å². The fourth-order valence-corrected chi connectivity index (χ4v) is 2.26. The molecule has 3 rings (SSSR count). The number of carbonyl (C=O) groups is 1. The minimum atomic E-state index is -1.13. The van der Waals surface area contributed by atoms with Gasteiger partial charge in [-0.05, 0) is 12.1 Å². The lowest BCUT2D eigenvalue weighted by molar-refractivity contribution is 0.0683. The molecule has 0 aliphatic heterocycles. The SMILES string of the molecule is CC(C)c1nc(C(=O)O)nn1-c1cccc2cnccc12. The fourth-order valence-electron chi connectivity index (χ4n) is 2.26. The third-order valence-electron chi connectivity index (χ3n) is 3.23. The molecule has 0 saturated carbocycles. The van der Waals surface area contributed by atoms with E-state index in [0.717, 1.165) is 16.5 Å². The van der Waals surface area contributed by atoms with Gasteiger partial charge in [-0.25, -0.2) is 14.5 Å². The van der Waals surface area contributed by atoms with Crippen LogP contribution in [0.25, 0.3) is 16.5 Å². The normalized spacial score (nSPS) is 11.2. The molecule has 106 valence electrons. The fraction of sp³-hybridized carbons (Fsp3) is 0.200. The molecule has 6 nitrogen and oxygen atoms in total. The summed E-state index contributed by atoms with van der Waals surface area (Å²) < 4.78 is 1.61. The molecule has 0 saturated heterocycles. The maximum atomic E-state index is 11.1. The van der Waals surface area contributed by atoms with E-state index in [4.69, 9.17) is 5.11 Å². The van der Waals surface area contributed by atoms with Gasteiger partial charge in [0.25, 0.3) is 5.82 Å². The van der Waals surface area contributed by atoms with E-state index < -0.39 is 5.97 Å². The van der Waals surface area contributed by atoms with Gasteiger partial charge in [0.15, 0.2) is 0 Å². The van der Waals surface area contributed by atoms with Gasteiger partial charge in [0.1, 0.15) is 5.82 Å². The number of hydrogen-bond acceptors (Lipinski definition) is 4. The highest BCUT2D eigenvalue weighted by Crippen LogP contribution is 2.24. The maximum absolute atomic E-state index is 11.1. The van der Waals surface area contributed by atoms with Crippen molar-refractivity contribution in [3.63, 3.8) is 0 Å². The molecular weight excluding hydrogens is 268 g/mol. The molecule has 0 aliphatic rings. The topological polar surface area (TPSA) is 80.9 Å². The zero-order valence-electron chi connectivity index (χ0n) is 11.7. The van der Waals surface area contributed by atoms with Gasteiger partial charge in [-0.3, -0.25) is 4.98 Å². The third-order valence-corrected chi connectivity index (χ3v) is 3.23. The Hall–Kier alpha value is -2.76. The van der Waals surface area contributed by atoms with Gasteiger partial charge in [0.2, 0.25) is 0 Å². The molecule has 1 N–H and O–H groups in total. The molecule has 0 bridgehead atoms. The van der Waals surface area contributed by atoms with Crippen molar-refractivity contribution >= 4 is 16.7 Å². The number of fused-ring (bicyclic) bond motifs is 1. The average Bonchev–Trinajstić information content (AvgIpc) is 2.92. The average molecular weight is 282 g/mol. The van der Waals surface area contributed by atoms with Crippen LogP contribution in [0.2, 0.25) is 0 Å². The van der Waals surface area contributed by atoms with E-state index in [1.165, 1.54) is 0 Å². The van der Waals surface area contributed by atoms with Crippen molar-refractivity contribution in [1.29, 1.82) is 0 Å². The summed E-state index contributed by atoms with van der Waals surface area (Å²) in [5.74, 6) is -0.637. The highest BCUT2D eigenvalue weighted by atomic mass is 16.4.